The van der Waals surface area contributed by atoms with Gasteiger partial charge in [-0.05, 0) is 32.4 Å². The minimum atomic E-state index is -0.0716. The Morgan fingerprint density at radius 3 is 2.58 bits per heavy atom. The summed E-state index contributed by atoms with van der Waals surface area (Å²) in [5.74, 6) is 0.0185. The van der Waals surface area contributed by atoms with Gasteiger partial charge in [0.25, 0.3) is 0 Å². The summed E-state index contributed by atoms with van der Waals surface area (Å²) in [5.41, 5.74) is 2.39. The Bertz CT molecular complexity index is 460. The highest BCUT2D eigenvalue weighted by molar-refractivity contribution is 5.85. The van der Waals surface area contributed by atoms with Crippen molar-refractivity contribution in [2.45, 2.75) is 33.2 Å². The van der Waals surface area contributed by atoms with Crippen LogP contribution in [0.4, 0.5) is 0 Å². The fourth-order valence-electron chi connectivity index (χ4n) is 2.46. The first-order valence-electron chi connectivity index (χ1n) is 6.75. The predicted molar refractivity (Wildman–Crippen MR) is 72.7 cm³/mol. The number of aryl methyl sites for hydroxylation is 2. The van der Waals surface area contributed by atoms with E-state index < -0.39 is 0 Å². The number of aromatic nitrogens is 1. The van der Waals surface area contributed by atoms with Gasteiger partial charge in [0.2, 0.25) is 11.8 Å². The zero-order valence-electron chi connectivity index (χ0n) is 11.6. The molecule has 5 heteroatoms. The maximum Gasteiger partial charge on any atom is 0.239 e. The van der Waals surface area contributed by atoms with Crippen LogP contribution in [0.3, 0.4) is 0 Å². The van der Waals surface area contributed by atoms with Crippen molar-refractivity contribution in [3.05, 3.63) is 23.5 Å². The van der Waals surface area contributed by atoms with E-state index in [1.54, 1.807) is 4.90 Å². The molecule has 104 valence electrons. The first kappa shape index (κ1) is 13.6. The smallest absolute Gasteiger partial charge is 0.239 e. The molecule has 0 saturated carbocycles. The summed E-state index contributed by atoms with van der Waals surface area (Å²) >= 11 is 0. The molecular formula is C14H21N3O2. The topological polar surface area (TPSA) is 54.3 Å². The lowest BCUT2D eigenvalue weighted by Gasteiger charge is -2.15. The van der Waals surface area contributed by atoms with E-state index in [1.165, 1.54) is 11.4 Å². The van der Waals surface area contributed by atoms with Crippen molar-refractivity contribution in [2.75, 3.05) is 19.6 Å². The minimum Gasteiger partial charge on any atom is -0.353 e. The molecule has 1 aromatic rings. The molecule has 0 spiro atoms. The number of carbonyl (C=O) groups is 2. The molecule has 1 N–H and O–H groups in total. The first-order chi connectivity index (χ1) is 9.08. The third kappa shape index (κ3) is 3.36. The Kier molecular flexibility index (Phi) is 4.24. The second kappa shape index (κ2) is 5.91. The van der Waals surface area contributed by atoms with Crippen LogP contribution in [0.1, 0.15) is 24.2 Å². The highest BCUT2D eigenvalue weighted by atomic mass is 16.2. The Morgan fingerprint density at radius 1 is 1.32 bits per heavy atom. The number of rotatable bonds is 5. The fourth-order valence-corrected chi connectivity index (χ4v) is 2.46. The molecule has 2 heterocycles. The Hall–Kier alpha value is -1.78. The Balaban J connectivity index is 1.74. The predicted octanol–water partition coefficient (Wildman–Crippen LogP) is 0.844. The van der Waals surface area contributed by atoms with Gasteiger partial charge in [0.05, 0.1) is 6.54 Å². The number of hydrogen-bond donors (Lipinski definition) is 1. The molecule has 0 unspecified atom stereocenters. The fraction of sp³-hybridized carbons (Fsp3) is 0.571. The molecule has 0 aromatic carbocycles. The number of amides is 2. The zero-order valence-corrected chi connectivity index (χ0v) is 11.6. The molecular weight excluding hydrogens is 242 g/mol. The molecule has 0 atom stereocenters. The van der Waals surface area contributed by atoms with Gasteiger partial charge in [-0.25, -0.2) is 0 Å². The monoisotopic (exact) mass is 263 g/mol. The summed E-state index contributed by atoms with van der Waals surface area (Å²) in [6.45, 7) is 6.38. The molecule has 0 radical (unpaired) electrons. The average Bonchev–Trinajstić information content (AvgIpc) is 2.90. The van der Waals surface area contributed by atoms with Gasteiger partial charge in [0.1, 0.15) is 0 Å². The molecule has 0 bridgehead atoms. The molecule has 19 heavy (non-hydrogen) atoms. The van der Waals surface area contributed by atoms with Crippen molar-refractivity contribution >= 4 is 11.8 Å². The van der Waals surface area contributed by atoms with E-state index in [4.69, 9.17) is 0 Å². The maximum atomic E-state index is 11.7. The van der Waals surface area contributed by atoms with E-state index in [-0.39, 0.29) is 18.4 Å². The van der Waals surface area contributed by atoms with Crippen molar-refractivity contribution in [1.82, 2.24) is 14.8 Å². The molecule has 1 saturated heterocycles. The lowest BCUT2D eigenvalue weighted by molar-refractivity contribution is -0.133. The molecule has 1 fully saturated rings. The lowest BCUT2D eigenvalue weighted by atomic mass is 10.4. The third-order valence-electron chi connectivity index (χ3n) is 3.58. The molecule has 2 amide bonds. The summed E-state index contributed by atoms with van der Waals surface area (Å²) in [5, 5.41) is 2.87. The minimum absolute atomic E-state index is 0.0716. The average molecular weight is 263 g/mol. The van der Waals surface area contributed by atoms with Crippen LogP contribution in [-0.4, -0.2) is 40.9 Å². The van der Waals surface area contributed by atoms with E-state index in [0.717, 1.165) is 13.0 Å². The van der Waals surface area contributed by atoms with Crippen LogP contribution in [0.5, 0.6) is 0 Å². The van der Waals surface area contributed by atoms with Crippen LogP contribution in [-0.2, 0) is 16.1 Å². The highest BCUT2D eigenvalue weighted by Crippen LogP contribution is 2.08. The van der Waals surface area contributed by atoms with E-state index in [1.807, 2.05) is 0 Å². The molecule has 0 aliphatic carbocycles. The van der Waals surface area contributed by atoms with Crippen molar-refractivity contribution < 1.29 is 9.59 Å². The number of likely N-dealkylation sites (tertiary alicyclic amines) is 1. The van der Waals surface area contributed by atoms with Crippen LogP contribution in [0.2, 0.25) is 0 Å². The second-order valence-corrected chi connectivity index (χ2v) is 5.04. The largest absolute Gasteiger partial charge is 0.353 e. The van der Waals surface area contributed by atoms with Gasteiger partial charge in [0, 0.05) is 37.4 Å². The van der Waals surface area contributed by atoms with Gasteiger partial charge < -0.3 is 14.8 Å². The first-order valence-corrected chi connectivity index (χ1v) is 6.75. The van der Waals surface area contributed by atoms with Crippen molar-refractivity contribution in [3.63, 3.8) is 0 Å². The van der Waals surface area contributed by atoms with E-state index in [2.05, 4.69) is 35.9 Å². The standard InChI is InChI=1S/C14H21N3O2/c1-11-5-6-12(2)17(11)9-7-15-13(18)10-16-8-3-4-14(16)19/h5-6H,3-4,7-10H2,1-2H3,(H,15,18). The van der Waals surface area contributed by atoms with Crippen molar-refractivity contribution in [1.29, 1.82) is 0 Å². The molecule has 2 rings (SSSR count). The van der Waals surface area contributed by atoms with Crippen LogP contribution >= 0.6 is 0 Å². The number of hydrogen-bond acceptors (Lipinski definition) is 2. The van der Waals surface area contributed by atoms with Crippen LogP contribution in [0.15, 0.2) is 12.1 Å². The van der Waals surface area contributed by atoms with Crippen molar-refractivity contribution in [3.8, 4) is 0 Å². The molecule has 1 aliphatic heterocycles. The zero-order chi connectivity index (χ0) is 13.8. The molecule has 1 aromatic heterocycles. The number of carbonyl (C=O) groups excluding carboxylic acids is 2. The van der Waals surface area contributed by atoms with E-state index in [9.17, 15) is 9.59 Å². The SMILES string of the molecule is Cc1ccc(C)n1CCNC(=O)CN1CCCC1=O. The van der Waals surface area contributed by atoms with Crippen LogP contribution in [0, 0.1) is 13.8 Å². The summed E-state index contributed by atoms with van der Waals surface area (Å²) in [6, 6.07) is 4.14. The van der Waals surface area contributed by atoms with E-state index >= 15 is 0 Å². The quantitative estimate of drug-likeness (QED) is 0.856. The Labute approximate surface area is 113 Å². The molecule has 1 aliphatic rings. The van der Waals surface area contributed by atoms with Gasteiger partial charge in [-0.1, -0.05) is 0 Å². The maximum absolute atomic E-state index is 11.7. The van der Waals surface area contributed by atoms with Gasteiger partial charge in [-0.15, -0.1) is 0 Å². The summed E-state index contributed by atoms with van der Waals surface area (Å²) in [4.78, 5) is 24.8. The summed E-state index contributed by atoms with van der Waals surface area (Å²) < 4.78 is 2.17. The lowest BCUT2D eigenvalue weighted by Crippen LogP contribution is -2.39. The van der Waals surface area contributed by atoms with Gasteiger partial charge in [-0.3, -0.25) is 9.59 Å². The molecule has 5 nitrogen and oxygen atoms in total. The number of nitrogens with one attached hydrogen (secondary N) is 1. The van der Waals surface area contributed by atoms with Crippen molar-refractivity contribution in [2.24, 2.45) is 0 Å². The van der Waals surface area contributed by atoms with Crippen LogP contribution < -0.4 is 5.32 Å². The normalized spacial score (nSPS) is 15.1. The van der Waals surface area contributed by atoms with Gasteiger partial charge in [0.15, 0.2) is 0 Å². The third-order valence-corrected chi connectivity index (χ3v) is 3.58. The van der Waals surface area contributed by atoms with Gasteiger partial charge in [-0.2, -0.15) is 0 Å². The Morgan fingerprint density at radius 2 is 2.00 bits per heavy atom. The highest BCUT2D eigenvalue weighted by Gasteiger charge is 2.21. The van der Waals surface area contributed by atoms with Gasteiger partial charge >= 0.3 is 0 Å². The number of nitrogens with zero attached hydrogens (tertiary/aromatic N) is 2. The second-order valence-electron chi connectivity index (χ2n) is 5.04. The summed E-state index contributed by atoms with van der Waals surface area (Å²) in [6.07, 6.45) is 1.45. The van der Waals surface area contributed by atoms with E-state index in [0.29, 0.717) is 19.5 Å². The summed E-state index contributed by atoms with van der Waals surface area (Å²) in [7, 11) is 0. The van der Waals surface area contributed by atoms with Crippen LogP contribution in [0.25, 0.3) is 0 Å².